The van der Waals surface area contributed by atoms with Gasteiger partial charge < -0.3 is 14.6 Å². The molecule has 0 saturated heterocycles. The first kappa shape index (κ1) is 23.8. The second-order valence-corrected chi connectivity index (χ2v) is 7.08. The van der Waals surface area contributed by atoms with Crippen molar-refractivity contribution in [1.82, 2.24) is 19.9 Å². The molecule has 3 heterocycles. The normalized spacial score (nSPS) is 10.7. The minimum Gasteiger partial charge on any atom is -0.546 e. The number of pyridine rings is 3. The smallest absolute Gasteiger partial charge is 0.546 e. The SMILES string of the molecule is O=C([O-])COc1cccc2ccc(CN(Cc3ccccn3)Cc3ccccn3)nc12.[Na+]. The zero-order valence-electron chi connectivity index (χ0n) is 17.8. The van der Waals surface area contributed by atoms with Gasteiger partial charge in [0.05, 0.1) is 23.1 Å². The number of carboxylic acid groups (broad SMARTS) is 1. The maximum atomic E-state index is 10.8. The third kappa shape index (κ3) is 6.58. The molecule has 4 aromatic rings. The van der Waals surface area contributed by atoms with Crippen LogP contribution in [0.2, 0.25) is 0 Å². The van der Waals surface area contributed by atoms with Crippen LogP contribution < -0.4 is 39.4 Å². The summed E-state index contributed by atoms with van der Waals surface area (Å²) in [5.74, 6) is -0.852. The number of ether oxygens (including phenoxy) is 1. The van der Waals surface area contributed by atoms with Gasteiger partial charge in [0.15, 0.2) is 0 Å². The quantitative estimate of drug-likeness (QED) is 0.322. The van der Waals surface area contributed by atoms with Gasteiger partial charge in [0.2, 0.25) is 0 Å². The van der Waals surface area contributed by atoms with Crippen molar-refractivity contribution in [2.24, 2.45) is 0 Å². The van der Waals surface area contributed by atoms with Crippen LogP contribution in [0.15, 0.2) is 79.1 Å². The van der Waals surface area contributed by atoms with Gasteiger partial charge in [0.1, 0.15) is 17.9 Å². The fourth-order valence-electron chi connectivity index (χ4n) is 3.34. The minimum atomic E-state index is -1.27. The molecule has 4 rings (SSSR count). The summed E-state index contributed by atoms with van der Waals surface area (Å²) in [6.45, 7) is 1.33. The molecule has 0 aliphatic rings. The van der Waals surface area contributed by atoms with Crippen molar-refractivity contribution in [2.45, 2.75) is 19.6 Å². The summed E-state index contributed by atoms with van der Waals surface area (Å²) < 4.78 is 5.37. The second kappa shape index (κ2) is 11.7. The van der Waals surface area contributed by atoms with Crippen LogP contribution in [0, 0.1) is 0 Å². The number of hydrogen-bond donors (Lipinski definition) is 0. The van der Waals surface area contributed by atoms with E-state index in [1.54, 1.807) is 18.5 Å². The van der Waals surface area contributed by atoms with Gasteiger partial charge in [0.25, 0.3) is 0 Å². The molecule has 0 amide bonds. The van der Waals surface area contributed by atoms with E-state index in [1.165, 1.54) is 0 Å². The molecular weight excluding hydrogens is 415 g/mol. The van der Waals surface area contributed by atoms with Crippen molar-refractivity contribution in [3.05, 3.63) is 96.2 Å². The van der Waals surface area contributed by atoms with Gasteiger partial charge in [-0.15, -0.1) is 0 Å². The maximum Gasteiger partial charge on any atom is 1.00 e. The van der Waals surface area contributed by atoms with Gasteiger partial charge >= 0.3 is 29.6 Å². The summed E-state index contributed by atoms with van der Waals surface area (Å²) in [4.78, 5) is 26.6. The molecule has 156 valence electrons. The van der Waals surface area contributed by atoms with E-state index in [9.17, 15) is 9.90 Å². The van der Waals surface area contributed by atoms with Gasteiger partial charge in [-0.3, -0.25) is 14.9 Å². The number of aliphatic carboxylic acids is 1. The monoisotopic (exact) mass is 436 g/mol. The molecule has 0 aliphatic heterocycles. The molecule has 0 bridgehead atoms. The van der Waals surface area contributed by atoms with Crippen molar-refractivity contribution in [3.8, 4) is 5.75 Å². The maximum absolute atomic E-state index is 10.8. The molecule has 3 aromatic heterocycles. The van der Waals surface area contributed by atoms with E-state index in [-0.39, 0.29) is 29.6 Å². The molecular formula is C24H21N4NaO3. The molecule has 0 spiro atoms. The first-order chi connectivity index (χ1) is 15.2. The third-order valence-corrected chi connectivity index (χ3v) is 4.70. The van der Waals surface area contributed by atoms with Crippen LogP contribution >= 0.6 is 0 Å². The average Bonchev–Trinajstić information content (AvgIpc) is 2.79. The van der Waals surface area contributed by atoms with Crippen LogP contribution in [-0.4, -0.2) is 32.4 Å². The van der Waals surface area contributed by atoms with Gasteiger partial charge in [-0.25, -0.2) is 4.98 Å². The van der Waals surface area contributed by atoms with E-state index in [2.05, 4.69) is 14.9 Å². The largest absolute Gasteiger partial charge is 1.00 e. The Morgan fingerprint density at radius 1 is 0.812 bits per heavy atom. The summed E-state index contributed by atoms with van der Waals surface area (Å²) >= 11 is 0. The number of carboxylic acids is 1. The Balaban J connectivity index is 0.00000289. The van der Waals surface area contributed by atoms with Crippen LogP contribution in [-0.2, 0) is 24.4 Å². The Morgan fingerprint density at radius 3 is 2.06 bits per heavy atom. The molecule has 0 unspecified atom stereocenters. The van der Waals surface area contributed by atoms with Gasteiger partial charge in [-0.05, 0) is 36.4 Å². The average molecular weight is 436 g/mol. The second-order valence-electron chi connectivity index (χ2n) is 7.08. The Bertz CT molecular complexity index is 1120. The number of rotatable bonds is 9. The fraction of sp³-hybridized carbons (Fsp3) is 0.167. The summed E-state index contributed by atoms with van der Waals surface area (Å²) in [5.41, 5.74) is 3.37. The van der Waals surface area contributed by atoms with Crippen molar-refractivity contribution in [2.75, 3.05) is 6.61 Å². The fourth-order valence-corrected chi connectivity index (χ4v) is 3.34. The molecule has 0 atom stereocenters. The number of nitrogens with zero attached hydrogens (tertiary/aromatic N) is 4. The zero-order chi connectivity index (χ0) is 21.5. The Morgan fingerprint density at radius 2 is 1.47 bits per heavy atom. The van der Waals surface area contributed by atoms with E-state index in [0.29, 0.717) is 30.9 Å². The van der Waals surface area contributed by atoms with E-state index < -0.39 is 12.6 Å². The predicted molar refractivity (Wildman–Crippen MR) is 114 cm³/mol. The Hall–Kier alpha value is -2.84. The van der Waals surface area contributed by atoms with Gasteiger partial charge in [-0.2, -0.15) is 0 Å². The van der Waals surface area contributed by atoms with Crippen LogP contribution in [0.1, 0.15) is 17.1 Å². The number of fused-ring (bicyclic) bond motifs is 1. The Labute approximate surface area is 208 Å². The van der Waals surface area contributed by atoms with Crippen molar-refractivity contribution < 1.29 is 44.2 Å². The van der Waals surface area contributed by atoms with E-state index in [0.717, 1.165) is 22.5 Å². The zero-order valence-corrected chi connectivity index (χ0v) is 19.8. The minimum absolute atomic E-state index is 0. The number of aromatic nitrogens is 3. The molecule has 8 heteroatoms. The third-order valence-electron chi connectivity index (χ3n) is 4.70. The van der Waals surface area contributed by atoms with Crippen molar-refractivity contribution >= 4 is 16.9 Å². The number of para-hydroxylation sites is 1. The van der Waals surface area contributed by atoms with E-state index in [1.807, 2.05) is 60.7 Å². The Kier molecular flexibility index (Phi) is 8.70. The van der Waals surface area contributed by atoms with Crippen LogP contribution in [0.25, 0.3) is 10.9 Å². The van der Waals surface area contributed by atoms with Crippen LogP contribution in [0.5, 0.6) is 5.75 Å². The summed E-state index contributed by atoms with van der Waals surface area (Å²) in [6, 6.07) is 21.1. The molecule has 0 saturated carbocycles. The first-order valence-corrected chi connectivity index (χ1v) is 9.91. The summed E-state index contributed by atoms with van der Waals surface area (Å²) in [6.07, 6.45) is 3.56. The van der Waals surface area contributed by atoms with E-state index >= 15 is 0 Å². The van der Waals surface area contributed by atoms with Crippen molar-refractivity contribution in [1.29, 1.82) is 0 Å². The number of carbonyl (C=O) groups is 1. The van der Waals surface area contributed by atoms with Crippen molar-refractivity contribution in [3.63, 3.8) is 0 Å². The molecule has 32 heavy (non-hydrogen) atoms. The number of carbonyl (C=O) groups excluding carboxylic acids is 1. The van der Waals surface area contributed by atoms with Crippen LogP contribution in [0.3, 0.4) is 0 Å². The molecule has 0 aliphatic carbocycles. The van der Waals surface area contributed by atoms with Crippen LogP contribution in [0.4, 0.5) is 0 Å². The first-order valence-electron chi connectivity index (χ1n) is 9.91. The molecule has 0 radical (unpaired) electrons. The molecule has 1 aromatic carbocycles. The van der Waals surface area contributed by atoms with Gasteiger partial charge in [-0.1, -0.05) is 30.3 Å². The summed E-state index contributed by atoms with van der Waals surface area (Å²) in [5, 5.41) is 11.7. The molecule has 0 fully saturated rings. The van der Waals surface area contributed by atoms with E-state index in [4.69, 9.17) is 9.72 Å². The topological polar surface area (TPSA) is 91.3 Å². The predicted octanol–water partition coefficient (Wildman–Crippen LogP) is -0.640. The summed E-state index contributed by atoms with van der Waals surface area (Å²) in [7, 11) is 0. The standard InChI is InChI=1S/C24H22N4O3.Na/c29-23(30)17-31-22-9-5-6-18-10-11-21(27-24(18)22)16-28(14-19-7-1-3-12-25-19)15-20-8-2-4-13-26-20;/h1-13H,14-17H2,(H,29,30);/q;+1/p-1. The molecule has 0 N–H and O–H groups in total. The van der Waals surface area contributed by atoms with Gasteiger partial charge in [0, 0.05) is 37.4 Å². The number of benzene rings is 1. The molecule has 7 nitrogen and oxygen atoms in total. The number of hydrogen-bond acceptors (Lipinski definition) is 7.